The molecular formula is C28H31N7. The molecule has 1 aliphatic heterocycles. The monoisotopic (exact) mass is 465 g/mol. The van der Waals surface area contributed by atoms with Crippen LogP contribution in [0.3, 0.4) is 0 Å². The summed E-state index contributed by atoms with van der Waals surface area (Å²) in [5.74, 6) is 0.839. The molecule has 35 heavy (non-hydrogen) atoms. The Hall–Kier alpha value is -3.68. The number of piperazine rings is 1. The van der Waals surface area contributed by atoms with Gasteiger partial charge >= 0.3 is 0 Å². The number of hydrogen-bond donors (Lipinski definition) is 0. The minimum absolute atomic E-state index is 0.0472. The standard InChI is InChI=1S/C28H31N7/c1-22-8-6-9-23(2)26(22)35-28(30-31-32-35)27(25-13-15-29-16-14-25)34-20-18-33(19-21-34)17-7-12-24-10-4-3-5-11-24/h3-16,27H,17-21H2,1-2H3/t27-/m0/s1. The summed E-state index contributed by atoms with van der Waals surface area (Å²) in [6, 6.07) is 20.8. The van der Waals surface area contributed by atoms with Crippen LogP contribution in [0.25, 0.3) is 11.8 Å². The normalized spacial score (nSPS) is 16.1. The van der Waals surface area contributed by atoms with E-state index in [9.17, 15) is 0 Å². The van der Waals surface area contributed by atoms with E-state index in [1.807, 2.05) is 23.1 Å². The van der Waals surface area contributed by atoms with Gasteiger partial charge in [0.05, 0.1) is 11.7 Å². The van der Waals surface area contributed by atoms with E-state index >= 15 is 0 Å². The molecule has 1 atom stereocenters. The highest BCUT2D eigenvalue weighted by Gasteiger charge is 2.31. The number of aromatic nitrogens is 5. The lowest BCUT2D eigenvalue weighted by Crippen LogP contribution is -2.48. The second-order valence-electron chi connectivity index (χ2n) is 9.02. The average molecular weight is 466 g/mol. The molecule has 0 bridgehead atoms. The third-order valence-corrected chi connectivity index (χ3v) is 6.66. The molecule has 1 saturated heterocycles. The van der Waals surface area contributed by atoms with Crippen molar-refractivity contribution in [3.63, 3.8) is 0 Å². The number of hydrogen-bond acceptors (Lipinski definition) is 6. The molecule has 0 radical (unpaired) electrons. The van der Waals surface area contributed by atoms with Crippen LogP contribution in [-0.2, 0) is 0 Å². The summed E-state index contributed by atoms with van der Waals surface area (Å²) in [6.45, 7) is 9.02. The first-order chi connectivity index (χ1) is 17.2. The molecular weight excluding hydrogens is 434 g/mol. The summed E-state index contributed by atoms with van der Waals surface area (Å²) in [5, 5.41) is 13.1. The number of para-hydroxylation sites is 1. The maximum absolute atomic E-state index is 4.54. The van der Waals surface area contributed by atoms with Crippen LogP contribution >= 0.6 is 0 Å². The minimum atomic E-state index is -0.0472. The molecule has 0 spiro atoms. The van der Waals surface area contributed by atoms with Crippen molar-refractivity contribution in [1.82, 2.24) is 35.0 Å². The van der Waals surface area contributed by atoms with Crippen molar-refractivity contribution in [1.29, 1.82) is 0 Å². The van der Waals surface area contributed by atoms with Gasteiger partial charge in [-0.05, 0) is 58.7 Å². The van der Waals surface area contributed by atoms with Gasteiger partial charge in [-0.15, -0.1) is 5.10 Å². The number of benzene rings is 2. The molecule has 7 heteroatoms. The van der Waals surface area contributed by atoms with Gasteiger partial charge in [0.15, 0.2) is 5.82 Å². The second kappa shape index (κ2) is 10.7. The van der Waals surface area contributed by atoms with Crippen LogP contribution in [-0.4, -0.2) is 67.7 Å². The fourth-order valence-corrected chi connectivity index (χ4v) is 4.84. The van der Waals surface area contributed by atoms with Crippen molar-refractivity contribution in [3.8, 4) is 5.69 Å². The lowest BCUT2D eigenvalue weighted by atomic mass is 10.0. The highest BCUT2D eigenvalue weighted by Crippen LogP contribution is 2.30. The molecule has 3 heterocycles. The molecule has 0 aliphatic carbocycles. The predicted octanol–water partition coefficient (Wildman–Crippen LogP) is 4.09. The van der Waals surface area contributed by atoms with Gasteiger partial charge in [-0.3, -0.25) is 14.8 Å². The van der Waals surface area contributed by atoms with E-state index in [4.69, 9.17) is 0 Å². The fraction of sp³-hybridized carbons (Fsp3) is 0.286. The van der Waals surface area contributed by atoms with Crippen molar-refractivity contribution in [2.45, 2.75) is 19.9 Å². The molecule has 0 N–H and O–H groups in total. The summed E-state index contributed by atoms with van der Waals surface area (Å²) in [4.78, 5) is 9.22. The van der Waals surface area contributed by atoms with Crippen LogP contribution in [0.15, 0.2) is 79.1 Å². The summed E-state index contributed by atoms with van der Waals surface area (Å²) in [5.41, 5.74) is 5.75. The molecule has 1 aliphatic rings. The Kier molecular flexibility index (Phi) is 7.07. The van der Waals surface area contributed by atoms with Crippen molar-refractivity contribution in [2.24, 2.45) is 0 Å². The molecule has 0 unspecified atom stereocenters. The van der Waals surface area contributed by atoms with E-state index < -0.39 is 0 Å². The summed E-state index contributed by atoms with van der Waals surface area (Å²) in [7, 11) is 0. The molecule has 1 fully saturated rings. The zero-order valence-electron chi connectivity index (χ0n) is 20.3. The van der Waals surface area contributed by atoms with Crippen LogP contribution < -0.4 is 0 Å². The molecule has 2 aromatic carbocycles. The number of nitrogens with zero attached hydrogens (tertiary/aromatic N) is 7. The molecule has 178 valence electrons. The lowest BCUT2D eigenvalue weighted by molar-refractivity contribution is 0.113. The number of rotatable bonds is 7. The van der Waals surface area contributed by atoms with Gasteiger partial charge in [0.2, 0.25) is 0 Å². The first-order valence-corrected chi connectivity index (χ1v) is 12.1. The Balaban J connectivity index is 1.37. The minimum Gasteiger partial charge on any atom is -0.297 e. The van der Waals surface area contributed by atoms with Gasteiger partial charge in [0.25, 0.3) is 0 Å². The van der Waals surface area contributed by atoms with Gasteiger partial charge in [0, 0.05) is 45.1 Å². The second-order valence-corrected chi connectivity index (χ2v) is 9.02. The Morgan fingerprint density at radius 2 is 1.57 bits per heavy atom. The van der Waals surface area contributed by atoms with Crippen LogP contribution in [0.2, 0.25) is 0 Å². The maximum atomic E-state index is 4.54. The Morgan fingerprint density at radius 1 is 0.857 bits per heavy atom. The van der Waals surface area contributed by atoms with Crippen molar-refractivity contribution < 1.29 is 0 Å². The zero-order chi connectivity index (χ0) is 24.0. The van der Waals surface area contributed by atoms with E-state index in [1.165, 1.54) is 5.56 Å². The molecule has 5 rings (SSSR count). The Labute approximate surface area is 206 Å². The van der Waals surface area contributed by atoms with Crippen molar-refractivity contribution in [2.75, 3.05) is 32.7 Å². The number of pyridine rings is 1. The van der Waals surface area contributed by atoms with E-state index in [-0.39, 0.29) is 6.04 Å². The van der Waals surface area contributed by atoms with E-state index in [0.717, 1.165) is 60.9 Å². The quantitative estimate of drug-likeness (QED) is 0.410. The van der Waals surface area contributed by atoms with Crippen LogP contribution in [0, 0.1) is 13.8 Å². The van der Waals surface area contributed by atoms with Crippen molar-refractivity contribution in [3.05, 3.63) is 107 Å². The number of tetrazole rings is 1. The highest BCUT2D eigenvalue weighted by atomic mass is 15.6. The summed E-state index contributed by atoms with van der Waals surface area (Å²) < 4.78 is 1.92. The Bertz CT molecular complexity index is 1240. The molecule has 2 aromatic heterocycles. The van der Waals surface area contributed by atoms with Gasteiger partial charge < -0.3 is 0 Å². The predicted molar refractivity (Wildman–Crippen MR) is 138 cm³/mol. The van der Waals surface area contributed by atoms with Crippen molar-refractivity contribution >= 4 is 6.08 Å². The van der Waals surface area contributed by atoms with E-state index in [1.54, 1.807) is 0 Å². The van der Waals surface area contributed by atoms with Crippen LogP contribution in [0.4, 0.5) is 0 Å². The Morgan fingerprint density at radius 3 is 2.29 bits per heavy atom. The highest BCUT2D eigenvalue weighted by molar-refractivity contribution is 5.49. The topological polar surface area (TPSA) is 63.0 Å². The van der Waals surface area contributed by atoms with Gasteiger partial charge in [-0.25, -0.2) is 0 Å². The van der Waals surface area contributed by atoms with Crippen LogP contribution in [0.5, 0.6) is 0 Å². The summed E-state index contributed by atoms with van der Waals surface area (Å²) >= 11 is 0. The lowest BCUT2D eigenvalue weighted by Gasteiger charge is -2.38. The maximum Gasteiger partial charge on any atom is 0.178 e. The summed E-state index contributed by atoms with van der Waals surface area (Å²) in [6.07, 6.45) is 8.15. The molecule has 0 amide bonds. The van der Waals surface area contributed by atoms with Crippen LogP contribution in [0.1, 0.15) is 34.1 Å². The van der Waals surface area contributed by atoms with Gasteiger partial charge in [-0.1, -0.05) is 60.7 Å². The number of aryl methyl sites for hydroxylation is 2. The first-order valence-electron chi connectivity index (χ1n) is 12.1. The molecule has 0 saturated carbocycles. The SMILES string of the molecule is Cc1cccc(C)c1-n1nnnc1[C@H](c1ccncc1)N1CCN(CC=Cc2ccccc2)CC1. The third kappa shape index (κ3) is 5.21. The fourth-order valence-electron chi connectivity index (χ4n) is 4.84. The molecule has 7 nitrogen and oxygen atoms in total. The van der Waals surface area contributed by atoms with Gasteiger partial charge in [-0.2, -0.15) is 4.68 Å². The average Bonchev–Trinajstić information content (AvgIpc) is 3.35. The first kappa shape index (κ1) is 23.1. The smallest absolute Gasteiger partial charge is 0.178 e. The largest absolute Gasteiger partial charge is 0.297 e. The zero-order valence-corrected chi connectivity index (χ0v) is 20.3. The third-order valence-electron chi connectivity index (χ3n) is 6.66. The van der Waals surface area contributed by atoms with E-state index in [0.29, 0.717) is 0 Å². The van der Waals surface area contributed by atoms with E-state index in [2.05, 4.69) is 111 Å². The molecule has 4 aromatic rings. The van der Waals surface area contributed by atoms with Gasteiger partial charge in [0.1, 0.15) is 0 Å².